The Labute approximate surface area is 251 Å². The maximum Gasteiger partial charge on any atom is -1.00 e. The van der Waals surface area contributed by atoms with Gasteiger partial charge in [0.25, 0.3) is 0 Å². The van der Waals surface area contributed by atoms with Crippen LogP contribution in [0.1, 0.15) is 113 Å². The van der Waals surface area contributed by atoms with E-state index >= 15 is 0 Å². The number of fused-ring (bicyclic) bond motifs is 2. The van der Waals surface area contributed by atoms with E-state index in [2.05, 4.69) is 144 Å². The summed E-state index contributed by atoms with van der Waals surface area (Å²) in [5.74, 6) is 0. The topological polar surface area (TPSA) is 0 Å². The zero-order chi connectivity index (χ0) is 27.6. The Bertz CT molecular complexity index is 1100. The second kappa shape index (κ2) is 12.0. The van der Waals surface area contributed by atoms with Crippen LogP contribution in [0.4, 0.5) is 0 Å². The molecule has 0 amide bonds. The van der Waals surface area contributed by atoms with Crippen molar-refractivity contribution in [2.24, 2.45) is 0 Å². The number of halogens is 2. The molecule has 0 saturated carbocycles. The normalized spacial score (nSPS) is 19.0. The molecule has 4 rings (SSSR count). The van der Waals surface area contributed by atoms with Gasteiger partial charge in [-0.2, -0.15) is 0 Å². The van der Waals surface area contributed by atoms with Gasteiger partial charge in [0.15, 0.2) is 0 Å². The summed E-state index contributed by atoms with van der Waals surface area (Å²) in [7, 11) is -0.592. The van der Waals surface area contributed by atoms with Crippen molar-refractivity contribution >= 4 is 28.0 Å². The molecule has 0 fully saturated rings. The smallest absolute Gasteiger partial charge is 1.00 e. The molecule has 2 aliphatic carbocycles. The molecular weight excluding hydrogens is 687 g/mol. The Morgan fingerprint density at radius 3 is 1.05 bits per heavy atom. The number of rotatable bonds is 4. The van der Waals surface area contributed by atoms with E-state index in [9.17, 15) is 0 Å². The number of allylic oxidation sites excluding steroid dienone is 2. The van der Waals surface area contributed by atoms with Crippen LogP contribution in [0.2, 0.25) is 0 Å². The van der Waals surface area contributed by atoms with Crippen molar-refractivity contribution in [1.29, 1.82) is 0 Å². The average molecular weight is 735 g/mol. The van der Waals surface area contributed by atoms with Crippen LogP contribution >= 0.6 is 15.8 Å². The zero-order valence-electron chi connectivity index (χ0n) is 26.1. The van der Waals surface area contributed by atoms with E-state index in [1.54, 1.807) is 21.8 Å². The van der Waals surface area contributed by atoms with Gasteiger partial charge < -0.3 is 9.41 Å². The molecular formula is C34H48F2HfP2. The summed E-state index contributed by atoms with van der Waals surface area (Å²) in [4.78, 5) is 0. The Morgan fingerprint density at radius 1 is 0.487 bits per heavy atom. The van der Waals surface area contributed by atoms with Gasteiger partial charge in [-0.1, -0.05) is 0 Å². The molecule has 39 heavy (non-hydrogen) atoms. The van der Waals surface area contributed by atoms with Crippen LogP contribution in [-0.2, 0) is 22.9 Å². The van der Waals surface area contributed by atoms with Gasteiger partial charge >= 0.3 is 243 Å². The average Bonchev–Trinajstić information content (AvgIpc) is 3.23. The molecule has 0 aliphatic heterocycles. The maximum atomic E-state index is 2.65. The van der Waals surface area contributed by atoms with Crippen molar-refractivity contribution in [2.45, 2.75) is 111 Å². The first-order chi connectivity index (χ1) is 16.9. The summed E-state index contributed by atoms with van der Waals surface area (Å²) in [5, 5.41) is 4.77. The van der Waals surface area contributed by atoms with E-state index < -0.39 is 22.9 Å². The van der Waals surface area contributed by atoms with Gasteiger partial charge in [-0.05, 0) is 0 Å². The van der Waals surface area contributed by atoms with E-state index in [1.165, 1.54) is 11.1 Å². The fourth-order valence-corrected chi connectivity index (χ4v) is 25.7. The van der Waals surface area contributed by atoms with Crippen LogP contribution in [0.25, 0.3) is 12.2 Å². The molecule has 0 radical (unpaired) electrons. The van der Waals surface area contributed by atoms with Crippen molar-refractivity contribution in [2.75, 3.05) is 0 Å². The van der Waals surface area contributed by atoms with Gasteiger partial charge in [0, 0.05) is 0 Å². The third-order valence-corrected chi connectivity index (χ3v) is 23.1. The Morgan fingerprint density at radius 2 is 0.769 bits per heavy atom. The molecule has 0 spiro atoms. The summed E-state index contributed by atoms with van der Waals surface area (Å²) in [6.45, 7) is 29.9. The van der Waals surface area contributed by atoms with Gasteiger partial charge in [0.2, 0.25) is 0 Å². The number of benzene rings is 2. The Hall–Kier alpha value is -0.490. The number of hydrogen-bond acceptors (Lipinski definition) is 0. The fraction of sp³-hybridized carbons (Fsp3) is 0.529. The monoisotopic (exact) mass is 736 g/mol. The summed E-state index contributed by atoms with van der Waals surface area (Å²) < 4.78 is 1.36. The van der Waals surface area contributed by atoms with Gasteiger partial charge in [0.1, 0.15) is 0 Å². The fourth-order valence-electron chi connectivity index (χ4n) is 7.08. The zero-order valence-corrected chi connectivity index (χ0v) is 31.5. The predicted octanol–water partition coefficient (Wildman–Crippen LogP) is 5.43. The van der Waals surface area contributed by atoms with Crippen LogP contribution < -0.4 is 9.41 Å². The third kappa shape index (κ3) is 7.12. The van der Waals surface area contributed by atoms with Crippen LogP contribution in [0, 0.1) is 0 Å². The third-order valence-electron chi connectivity index (χ3n) is 7.35. The first-order valence-electron chi connectivity index (χ1n) is 13.9. The largest absolute Gasteiger partial charge is 1.00 e. The molecule has 0 bridgehead atoms. The molecule has 0 N–H and O–H groups in total. The van der Waals surface area contributed by atoms with Gasteiger partial charge in [0.05, 0.1) is 0 Å². The Balaban J connectivity index is 0.00000267. The van der Waals surface area contributed by atoms with Crippen LogP contribution in [-0.4, -0.2) is 20.6 Å². The summed E-state index contributed by atoms with van der Waals surface area (Å²) in [6, 6.07) is 18.8. The van der Waals surface area contributed by atoms with Gasteiger partial charge in [-0.25, -0.2) is 0 Å². The quantitative estimate of drug-likeness (QED) is 0.291. The van der Waals surface area contributed by atoms with Gasteiger partial charge in [-0.3, -0.25) is 0 Å². The SMILES string of the molecule is CC(C)(C)P(C1=Cc2ccccc2[CH]1[Hf+2][CH]1C(P(C(C)(C)C)C(C)(C)C)=Cc2ccccc21)C(C)(C)C.[F-].[F-]. The second-order valence-electron chi connectivity index (χ2n) is 14.8. The molecule has 5 heteroatoms. The van der Waals surface area contributed by atoms with Crippen LogP contribution in [0.5, 0.6) is 0 Å². The first-order valence-corrected chi connectivity index (χ1v) is 20.7. The molecule has 2 atom stereocenters. The van der Waals surface area contributed by atoms with E-state index in [4.69, 9.17) is 0 Å². The van der Waals surface area contributed by atoms with Crippen molar-refractivity contribution in [3.05, 3.63) is 81.4 Å². The van der Waals surface area contributed by atoms with Crippen LogP contribution in [0.15, 0.2) is 59.2 Å². The molecule has 2 aliphatic rings. The van der Waals surface area contributed by atoms with Crippen molar-refractivity contribution < 1.29 is 32.3 Å². The standard InChI is InChI=1S/2C17H24P.2FH.Hf/c2*1-16(2,3)18(17(4,5)6)15-11-13-9-7-8-10-14(13)12-15;;;/h2*7-12H,1-6H3;2*1H;/q;;;;+2/p-2. The molecule has 2 aromatic rings. The predicted molar refractivity (Wildman–Crippen MR) is 167 cm³/mol. The molecule has 0 heterocycles. The minimum absolute atomic E-state index is 0. The summed E-state index contributed by atoms with van der Waals surface area (Å²) in [6.07, 6.45) is 5.30. The Kier molecular flexibility index (Phi) is 10.7. The van der Waals surface area contributed by atoms with Crippen molar-refractivity contribution in [3.8, 4) is 0 Å². The summed E-state index contributed by atoms with van der Waals surface area (Å²) >= 11 is -1.27. The van der Waals surface area contributed by atoms with E-state index in [-0.39, 0.29) is 25.3 Å². The van der Waals surface area contributed by atoms with E-state index in [1.807, 2.05) is 0 Å². The van der Waals surface area contributed by atoms with E-state index in [0.29, 0.717) is 28.0 Å². The second-order valence-corrected chi connectivity index (χ2v) is 27.9. The summed E-state index contributed by atoms with van der Waals surface area (Å²) in [5.41, 5.74) is 6.28. The maximum absolute atomic E-state index is 2.65. The van der Waals surface area contributed by atoms with Crippen LogP contribution in [0.3, 0.4) is 0 Å². The van der Waals surface area contributed by atoms with Gasteiger partial charge in [-0.15, -0.1) is 0 Å². The van der Waals surface area contributed by atoms with Crippen molar-refractivity contribution in [1.82, 2.24) is 0 Å². The molecule has 0 aromatic heterocycles. The van der Waals surface area contributed by atoms with E-state index in [0.717, 1.165) is 0 Å². The molecule has 2 unspecified atom stereocenters. The number of hydrogen-bond donors (Lipinski definition) is 0. The first kappa shape index (κ1) is 34.7. The van der Waals surface area contributed by atoms with Crippen molar-refractivity contribution in [3.63, 3.8) is 0 Å². The molecule has 2 aromatic carbocycles. The molecule has 0 nitrogen and oxygen atoms in total. The minimum Gasteiger partial charge on any atom is -1.00 e. The molecule has 0 saturated heterocycles. The molecule has 212 valence electrons. The minimum atomic E-state index is -1.27.